The van der Waals surface area contributed by atoms with Gasteiger partial charge in [0.1, 0.15) is 0 Å². The maximum atomic E-state index is 12.4. The Hall–Kier alpha value is -1.91. The molecule has 1 aromatic rings. The quantitative estimate of drug-likeness (QED) is 0.606. The summed E-state index contributed by atoms with van der Waals surface area (Å²) in [5.41, 5.74) is 1.84. The molecule has 1 heterocycles. The van der Waals surface area contributed by atoms with Crippen LogP contribution in [0.3, 0.4) is 0 Å². The summed E-state index contributed by atoms with van der Waals surface area (Å²) < 4.78 is 0. The molecule has 0 saturated heterocycles. The van der Waals surface area contributed by atoms with Crippen molar-refractivity contribution in [3.63, 3.8) is 0 Å². The highest BCUT2D eigenvalue weighted by Gasteiger charge is 2.32. The van der Waals surface area contributed by atoms with Crippen molar-refractivity contribution < 1.29 is 9.72 Å². The van der Waals surface area contributed by atoms with Crippen molar-refractivity contribution in [1.82, 2.24) is 0 Å². The number of fused-ring (bicyclic) bond motifs is 1. The SMILES string of the molecule is O=C(C1CCCC1)N1CCc2ccc([N+](=O)[O-])cc21. The van der Waals surface area contributed by atoms with E-state index in [4.69, 9.17) is 0 Å². The Morgan fingerprint density at radius 2 is 2.05 bits per heavy atom. The number of hydrogen-bond acceptors (Lipinski definition) is 3. The molecule has 0 atom stereocenters. The van der Waals surface area contributed by atoms with Gasteiger partial charge in [-0.05, 0) is 24.8 Å². The zero-order valence-electron chi connectivity index (χ0n) is 10.7. The Morgan fingerprint density at radius 1 is 1.32 bits per heavy atom. The third kappa shape index (κ3) is 2.09. The van der Waals surface area contributed by atoms with E-state index in [9.17, 15) is 14.9 Å². The minimum absolute atomic E-state index is 0.0601. The van der Waals surface area contributed by atoms with E-state index in [-0.39, 0.29) is 17.5 Å². The summed E-state index contributed by atoms with van der Waals surface area (Å²) in [5, 5.41) is 10.8. The topological polar surface area (TPSA) is 63.5 Å². The van der Waals surface area contributed by atoms with Gasteiger partial charge in [0.25, 0.3) is 5.69 Å². The van der Waals surface area contributed by atoms with Crippen molar-refractivity contribution >= 4 is 17.3 Å². The predicted molar refractivity (Wildman–Crippen MR) is 71.1 cm³/mol. The number of nitro groups is 1. The molecule has 1 aliphatic heterocycles. The van der Waals surface area contributed by atoms with Gasteiger partial charge in [-0.3, -0.25) is 14.9 Å². The van der Waals surface area contributed by atoms with Crippen LogP contribution in [-0.4, -0.2) is 17.4 Å². The molecule has 0 aromatic heterocycles. The summed E-state index contributed by atoms with van der Waals surface area (Å²) in [5.74, 6) is 0.266. The van der Waals surface area contributed by atoms with Crippen LogP contribution >= 0.6 is 0 Å². The molecular formula is C14H16N2O3. The van der Waals surface area contributed by atoms with Crippen molar-refractivity contribution in [1.29, 1.82) is 0 Å². The zero-order chi connectivity index (χ0) is 13.4. The predicted octanol–water partition coefficient (Wildman–Crippen LogP) is 2.67. The van der Waals surface area contributed by atoms with Gasteiger partial charge in [0.05, 0.1) is 10.6 Å². The molecule has 19 heavy (non-hydrogen) atoms. The smallest absolute Gasteiger partial charge is 0.271 e. The summed E-state index contributed by atoms with van der Waals surface area (Å²) in [6.45, 7) is 0.659. The molecule has 5 heteroatoms. The van der Waals surface area contributed by atoms with E-state index in [1.54, 1.807) is 11.0 Å². The molecule has 1 fully saturated rings. The average Bonchev–Trinajstić information content (AvgIpc) is 3.06. The maximum Gasteiger partial charge on any atom is 0.271 e. The summed E-state index contributed by atoms with van der Waals surface area (Å²) in [6.07, 6.45) is 4.95. The molecule has 2 aliphatic rings. The standard InChI is InChI=1S/C14H16N2O3/c17-14(11-3-1-2-4-11)15-8-7-10-5-6-12(16(18)19)9-13(10)15/h5-6,9,11H,1-4,7-8H2. The molecule has 0 unspecified atom stereocenters. The van der Waals surface area contributed by atoms with E-state index in [1.165, 1.54) is 12.1 Å². The largest absolute Gasteiger partial charge is 0.311 e. The minimum atomic E-state index is -0.406. The van der Waals surface area contributed by atoms with Gasteiger partial charge in [-0.15, -0.1) is 0 Å². The van der Waals surface area contributed by atoms with Crippen LogP contribution in [0.1, 0.15) is 31.2 Å². The van der Waals surface area contributed by atoms with Gasteiger partial charge in [-0.1, -0.05) is 18.9 Å². The van der Waals surface area contributed by atoms with Crippen molar-refractivity contribution in [3.8, 4) is 0 Å². The third-order valence-corrected chi connectivity index (χ3v) is 4.15. The average molecular weight is 260 g/mol. The van der Waals surface area contributed by atoms with Gasteiger partial charge in [-0.25, -0.2) is 0 Å². The summed E-state index contributed by atoms with van der Waals surface area (Å²) in [4.78, 5) is 24.6. The van der Waals surface area contributed by atoms with E-state index >= 15 is 0 Å². The van der Waals surface area contributed by atoms with Gasteiger partial charge in [0, 0.05) is 24.6 Å². The van der Waals surface area contributed by atoms with Gasteiger partial charge >= 0.3 is 0 Å². The molecule has 1 amide bonds. The molecule has 0 bridgehead atoms. The molecule has 3 rings (SSSR count). The monoisotopic (exact) mass is 260 g/mol. The summed E-state index contributed by atoms with van der Waals surface area (Å²) in [7, 11) is 0. The molecule has 0 radical (unpaired) electrons. The zero-order valence-corrected chi connectivity index (χ0v) is 10.7. The highest BCUT2D eigenvalue weighted by Crippen LogP contribution is 2.35. The number of anilines is 1. The second-order valence-corrected chi connectivity index (χ2v) is 5.29. The Balaban J connectivity index is 1.89. The number of carbonyl (C=O) groups excluding carboxylic acids is 1. The van der Waals surface area contributed by atoms with E-state index < -0.39 is 4.92 Å². The Morgan fingerprint density at radius 3 is 2.74 bits per heavy atom. The Kier molecular flexibility index (Phi) is 2.97. The van der Waals surface area contributed by atoms with E-state index in [0.717, 1.165) is 43.4 Å². The number of nitro benzene ring substituents is 1. The fraction of sp³-hybridized carbons (Fsp3) is 0.500. The molecule has 1 aliphatic carbocycles. The Bertz CT molecular complexity index is 535. The lowest BCUT2D eigenvalue weighted by Crippen LogP contribution is -2.33. The number of non-ortho nitro benzene ring substituents is 1. The van der Waals surface area contributed by atoms with Crippen LogP contribution in [0, 0.1) is 16.0 Å². The fourth-order valence-corrected chi connectivity index (χ4v) is 3.10. The van der Waals surface area contributed by atoms with Crippen LogP contribution in [-0.2, 0) is 11.2 Å². The van der Waals surface area contributed by atoms with Crippen LogP contribution < -0.4 is 4.90 Å². The highest BCUT2D eigenvalue weighted by atomic mass is 16.6. The lowest BCUT2D eigenvalue weighted by Gasteiger charge is -2.21. The molecular weight excluding hydrogens is 244 g/mol. The van der Waals surface area contributed by atoms with Crippen molar-refractivity contribution in [2.24, 2.45) is 5.92 Å². The minimum Gasteiger partial charge on any atom is -0.311 e. The number of nitrogens with zero attached hydrogens (tertiary/aromatic N) is 2. The van der Waals surface area contributed by atoms with Crippen molar-refractivity contribution in [2.75, 3.05) is 11.4 Å². The number of benzene rings is 1. The fourth-order valence-electron chi connectivity index (χ4n) is 3.10. The van der Waals surface area contributed by atoms with Crippen LogP contribution in [0.25, 0.3) is 0 Å². The van der Waals surface area contributed by atoms with Crippen LogP contribution in [0.4, 0.5) is 11.4 Å². The number of amides is 1. The summed E-state index contributed by atoms with van der Waals surface area (Å²) in [6, 6.07) is 4.83. The Labute approximate surface area is 111 Å². The van der Waals surface area contributed by atoms with Crippen molar-refractivity contribution in [2.45, 2.75) is 32.1 Å². The second-order valence-electron chi connectivity index (χ2n) is 5.29. The van der Waals surface area contributed by atoms with Gasteiger partial charge in [-0.2, -0.15) is 0 Å². The van der Waals surface area contributed by atoms with Crippen molar-refractivity contribution in [3.05, 3.63) is 33.9 Å². The third-order valence-electron chi connectivity index (χ3n) is 4.15. The number of carbonyl (C=O) groups is 1. The first-order chi connectivity index (χ1) is 9.16. The maximum absolute atomic E-state index is 12.4. The molecule has 100 valence electrons. The second kappa shape index (κ2) is 4.64. The first kappa shape index (κ1) is 12.1. The number of rotatable bonds is 2. The van der Waals surface area contributed by atoms with Gasteiger partial charge < -0.3 is 4.90 Å². The first-order valence-corrected chi connectivity index (χ1v) is 6.75. The molecule has 1 aromatic carbocycles. The summed E-state index contributed by atoms with van der Waals surface area (Å²) >= 11 is 0. The van der Waals surface area contributed by atoms with E-state index in [1.807, 2.05) is 0 Å². The van der Waals surface area contributed by atoms with E-state index in [2.05, 4.69) is 0 Å². The van der Waals surface area contributed by atoms with Gasteiger partial charge in [0.2, 0.25) is 5.91 Å². The van der Waals surface area contributed by atoms with Gasteiger partial charge in [0.15, 0.2) is 0 Å². The van der Waals surface area contributed by atoms with Crippen LogP contribution in [0.2, 0.25) is 0 Å². The lowest BCUT2D eigenvalue weighted by molar-refractivity contribution is -0.384. The van der Waals surface area contributed by atoms with Crippen LogP contribution in [0.5, 0.6) is 0 Å². The number of hydrogen-bond donors (Lipinski definition) is 0. The molecule has 0 spiro atoms. The van der Waals surface area contributed by atoms with E-state index in [0.29, 0.717) is 6.54 Å². The highest BCUT2D eigenvalue weighted by molar-refractivity contribution is 5.97. The van der Waals surface area contributed by atoms with Crippen LogP contribution in [0.15, 0.2) is 18.2 Å². The lowest BCUT2D eigenvalue weighted by atomic mass is 10.1. The first-order valence-electron chi connectivity index (χ1n) is 6.75. The normalized spacial score (nSPS) is 18.6. The molecule has 0 N–H and O–H groups in total. The molecule has 5 nitrogen and oxygen atoms in total. The molecule has 1 saturated carbocycles.